The van der Waals surface area contributed by atoms with Crippen LogP contribution in [-0.2, 0) is 10.0 Å². The zero-order valence-corrected chi connectivity index (χ0v) is 19.2. The van der Waals surface area contributed by atoms with Gasteiger partial charge in [0.05, 0.1) is 16.9 Å². The summed E-state index contributed by atoms with van der Waals surface area (Å²) >= 11 is 7.17. The number of aromatic amines is 1. The normalized spacial score (nSPS) is 15.4. The quantitative estimate of drug-likeness (QED) is 0.613. The molecule has 1 fully saturated rings. The smallest absolute Gasteiger partial charge is 0.305 e. The van der Waals surface area contributed by atoms with Crippen LogP contribution >= 0.6 is 22.9 Å². The minimum Gasteiger partial charge on any atom is -0.336 e. The summed E-state index contributed by atoms with van der Waals surface area (Å²) in [5.74, 6) is -0.288. The predicted molar refractivity (Wildman–Crippen MR) is 118 cm³/mol. The van der Waals surface area contributed by atoms with Gasteiger partial charge >= 0.3 is 4.87 Å². The lowest BCUT2D eigenvalue weighted by Gasteiger charge is -2.33. The van der Waals surface area contributed by atoms with Gasteiger partial charge in [-0.15, -0.1) is 0 Å². The Morgan fingerprint density at radius 2 is 1.77 bits per heavy atom. The van der Waals surface area contributed by atoms with Gasteiger partial charge in [0.2, 0.25) is 0 Å². The summed E-state index contributed by atoms with van der Waals surface area (Å²) in [6.45, 7) is 3.95. The van der Waals surface area contributed by atoms with Crippen molar-refractivity contribution in [2.75, 3.05) is 26.2 Å². The van der Waals surface area contributed by atoms with E-state index < -0.39 is 14.9 Å². The molecule has 0 saturated carbocycles. The maximum atomic E-state index is 13.1. The van der Waals surface area contributed by atoms with Crippen molar-refractivity contribution < 1.29 is 13.2 Å². The molecule has 1 N–H and O–H groups in total. The van der Waals surface area contributed by atoms with Gasteiger partial charge < -0.3 is 9.88 Å². The number of thiazole rings is 1. The molecule has 0 bridgehead atoms. The first-order valence-electron chi connectivity index (χ1n) is 9.50. The summed E-state index contributed by atoms with van der Waals surface area (Å²) in [6, 6.07) is 9.27. The number of hydrogen-bond donors (Lipinski definition) is 1. The molecule has 0 atom stereocenters. The molecule has 3 heterocycles. The summed E-state index contributed by atoms with van der Waals surface area (Å²) in [5.41, 5.74) is 1.87. The van der Waals surface area contributed by atoms with E-state index in [4.69, 9.17) is 11.6 Å². The number of rotatable bonds is 4. The Morgan fingerprint density at radius 1 is 1.13 bits per heavy atom. The molecular formula is C19H20ClN5O4S2. The summed E-state index contributed by atoms with van der Waals surface area (Å²) in [7, 11) is -3.79. The number of carbonyl (C=O) groups excluding carboxylic acids is 1. The van der Waals surface area contributed by atoms with Crippen LogP contribution in [0.1, 0.15) is 21.7 Å². The maximum Gasteiger partial charge on any atom is 0.305 e. The van der Waals surface area contributed by atoms with E-state index in [1.165, 1.54) is 8.99 Å². The van der Waals surface area contributed by atoms with Crippen molar-refractivity contribution >= 4 is 38.9 Å². The first-order valence-corrected chi connectivity index (χ1v) is 12.1. The van der Waals surface area contributed by atoms with Gasteiger partial charge in [-0.05, 0) is 26.0 Å². The Morgan fingerprint density at radius 3 is 2.35 bits per heavy atom. The van der Waals surface area contributed by atoms with Crippen molar-refractivity contribution in [3.8, 4) is 5.69 Å². The molecule has 1 aromatic carbocycles. The van der Waals surface area contributed by atoms with Gasteiger partial charge in [0, 0.05) is 31.9 Å². The highest BCUT2D eigenvalue weighted by molar-refractivity contribution is 7.91. The van der Waals surface area contributed by atoms with Gasteiger partial charge in [-0.25, -0.2) is 13.1 Å². The molecule has 0 aliphatic carbocycles. The SMILES string of the molecule is Cc1nn(-c2ccccc2)c(Cl)c1C(=O)N1CCN(S(=O)(=O)c2sc(=O)[nH]c2C)CC1. The number of carbonyl (C=O) groups is 1. The number of amides is 1. The van der Waals surface area contributed by atoms with E-state index in [0.717, 1.165) is 5.69 Å². The third-order valence-corrected chi connectivity index (χ3v) is 8.93. The van der Waals surface area contributed by atoms with Crippen LogP contribution in [0.3, 0.4) is 0 Å². The second-order valence-corrected chi connectivity index (χ2v) is 10.6. The molecule has 0 unspecified atom stereocenters. The van der Waals surface area contributed by atoms with Crippen LogP contribution in [0.5, 0.6) is 0 Å². The van der Waals surface area contributed by atoms with Gasteiger partial charge in [0.1, 0.15) is 5.15 Å². The predicted octanol–water partition coefficient (Wildman–Crippen LogP) is 2.04. The average molecular weight is 482 g/mol. The second kappa shape index (κ2) is 8.23. The minimum atomic E-state index is -3.79. The molecule has 31 heavy (non-hydrogen) atoms. The molecule has 0 spiro atoms. The molecule has 1 amide bonds. The molecule has 4 rings (SSSR count). The summed E-state index contributed by atoms with van der Waals surface area (Å²) in [6.07, 6.45) is 0. The molecule has 164 valence electrons. The molecule has 1 aliphatic heterocycles. The first kappa shape index (κ1) is 21.8. The third kappa shape index (κ3) is 3.93. The number of aromatic nitrogens is 3. The monoisotopic (exact) mass is 481 g/mol. The number of nitrogens with one attached hydrogen (secondary N) is 1. The Bertz CT molecular complexity index is 1290. The molecule has 2 aromatic heterocycles. The van der Waals surface area contributed by atoms with Crippen LogP contribution in [0, 0.1) is 13.8 Å². The van der Waals surface area contributed by atoms with E-state index in [0.29, 0.717) is 28.3 Å². The number of nitrogens with zero attached hydrogens (tertiary/aromatic N) is 4. The lowest BCUT2D eigenvalue weighted by atomic mass is 10.2. The van der Waals surface area contributed by atoms with Crippen molar-refractivity contribution in [1.29, 1.82) is 0 Å². The van der Waals surface area contributed by atoms with Crippen molar-refractivity contribution in [3.63, 3.8) is 0 Å². The van der Waals surface area contributed by atoms with E-state index in [1.807, 2.05) is 30.3 Å². The number of H-pyrrole nitrogens is 1. The lowest BCUT2D eigenvalue weighted by Crippen LogP contribution is -2.50. The van der Waals surface area contributed by atoms with E-state index >= 15 is 0 Å². The number of benzene rings is 1. The van der Waals surface area contributed by atoms with Crippen LogP contribution in [0.4, 0.5) is 0 Å². The molecule has 12 heteroatoms. The fourth-order valence-electron chi connectivity index (χ4n) is 3.53. The molecule has 3 aromatic rings. The topological polar surface area (TPSA) is 108 Å². The van der Waals surface area contributed by atoms with Crippen molar-refractivity contribution in [3.05, 3.63) is 62.1 Å². The van der Waals surface area contributed by atoms with Gasteiger partial charge in [0.25, 0.3) is 15.9 Å². The second-order valence-electron chi connectivity index (χ2n) is 7.12. The number of sulfonamides is 1. The zero-order valence-electron chi connectivity index (χ0n) is 16.8. The Labute approximate surface area is 187 Å². The number of piperazine rings is 1. The largest absolute Gasteiger partial charge is 0.336 e. The van der Waals surface area contributed by atoms with Gasteiger partial charge in [-0.3, -0.25) is 9.59 Å². The van der Waals surface area contributed by atoms with E-state index in [2.05, 4.69) is 10.1 Å². The number of halogens is 1. The van der Waals surface area contributed by atoms with Gasteiger partial charge in [-0.1, -0.05) is 41.1 Å². The highest BCUT2D eigenvalue weighted by Crippen LogP contribution is 2.27. The minimum absolute atomic E-state index is 0.0142. The number of hydrogen-bond acceptors (Lipinski definition) is 6. The zero-order chi connectivity index (χ0) is 22.3. The summed E-state index contributed by atoms with van der Waals surface area (Å²) < 4.78 is 28.6. The van der Waals surface area contributed by atoms with Crippen LogP contribution in [0.15, 0.2) is 39.3 Å². The average Bonchev–Trinajstić information content (AvgIpc) is 3.26. The summed E-state index contributed by atoms with van der Waals surface area (Å²) in [5, 5.41) is 4.62. The standard InChI is InChI=1S/C19H20ClN5O4S2/c1-12-15(16(20)25(22-12)14-6-4-3-5-7-14)17(26)23-8-10-24(11-9-23)31(28,29)18-13(2)21-19(27)30-18/h3-7H,8-11H2,1-2H3,(H,21,27). The Balaban J connectivity index is 1.52. The highest BCUT2D eigenvalue weighted by Gasteiger charge is 2.34. The highest BCUT2D eigenvalue weighted by atomic mass is 35.5. The molecule has 1 aliphatic rings. The molecular weight excluding hydrogens is 462 g/mol. The number of para-hydroxylation sites is 1. The van der Waals surface area contributed by atoms with Crippen molar-refractivity contribution in [1.82, 2.24) is 24.0 Å². The van der Waals surface area contributed by atoms with Crippen molar-refractivity contribution in [2.24, 2.45) is 0 Å². The van der Waals surface area contributed by atoms with Gasteiger partial charge in [0.15, 0.2) is 4.21 Å². The van der Waals surface area contributed by atoms with Crippen LogP contribution in [-0.4, -0.2) is 64.5 Å². The van der Waals surface area contributed by atoms with Crippen LogP contribution in [0.2, 0.25) is 5.15 Å². The molecule has 1 saturated heterocycles. The number of aryl methyl sites for hydroxylation is 2. The van der Waals surface area contributed by atoms with Gasteiger partial charge in [-0.2, -0.15) is 9.40 Å². The molecule has 0 radical (unpaired) electrons. The first-order chi connectivity index (χ1) is 14.7. The fraction of sp³-hybridized carbons (Fsp3) is 0.316. The third-order valence-electron chi connectivity index (χ3n) is 5.10. The van der Waals surface area contributed by atoms with E-state index in [-0.39, 0.29) is 41.4 Å². The van der Waals surface area contributed by atoms with E-state index in [1.54, 1.807) is 18.7 Å². The van der Waals surface area contributed by atoms with Crippen LogP contribution in [0.25, 0.3) is 5.69 Å². The van der Waals surface area contributed by atoms with E-state index in [9.17, 15) is 18.0 Å². The fourth-order valence-corrected chi connectivity index (χ4v) is 6.74. The summed E-state index contributed by atoms with van der Waals surface area (Å²) in [4.78, 5) is 28.3. The Hall–Kier alpha value is -2.47. The lowest BCUT2D eigenvalue weighted by molar-refractivity contribution is 0.0697. The molecule has 9 nitrogen and oxygen atoms in total. The maximum absolute atomic E-state index is 13.1. The van der Waals surface area contributed by atoms with Crippen LogP contribution < -0.4 is 4.87 Å². The van der Waals surface area contributed by atoms with Crippen molar-refractivity contribution in [2.45, 2.75) is 18.1 Å². The Kier molecular flexibility index (Phi) is 5.77.